The van der Waals surface area contributed by atoms with Crippen LogP contribution >= 0.6 is 24.8 Å². The topological polar surface area (TPSA) is 0 Å². The molecular weight excluding hydrogens is 775 g/mol. The average molecular weight is 839 g/mol. The van der Waals surface area contributed by atoms with E-state index in [0.717, 1.165) is 12.8 Å². The Hall–Kier alpha value is -2.70. The first kappa shape index (κ1) is 47.5. The van der Waals surface area contributed by atoms with Crippen molar-refractivity contribution in [2.75, 3.05) is 0 Å². The fourth-order valence-corrected chi connectivity index (χ4v) is 9.20. The zero-order valence-electron chi connectivity index (χ0n) is 34.6. The minimum atomic E-state index is 0. The summed E-state index contributed by atoms with van der Waals surface area (Å²) in [7, 11) is 0. The number of hydrogen-bond acceptors (Lipinski definition) is 0. The van der Waals surface area contributed by atoms with Crippen LogP contribution < -0.4 is 0 Å². The zero-order chi connectivity index (χ0) is 38.2. The van der Waals surface area contributed by atoms with Gasteiger partial charge in [0.2, 0.25) is 0 Å². The fourth-order valence-electron chi connectivity index (χ4n) is 9.20. The van der Waals surface area contributed by atoms with Gasteiger partial charge in [0, 0.05) is 0 Å². The van der Waals surface area contributed by atoms with Crippen LogP contribution in [-0.4, -0.2) is 4.21 Å². The molecule has 0 nitrogen and oxygen atoms in total. The van der Waals surface area contributed by atoms with E-state index in [1.165, 1.54) is 59.3 Å². The molecule has 0 spiro atoms. The molecule has 3 heteroatoms. The van der Waals surface area contributed by atoms with E-state index in [4.69, 9.17) is 0 Å². The van der Waals surface area contributed by atoms with Gasteiger partial charge in [-0.05, 0) is 40.6 Å². The van der Waals surface area contributed by atoms with Gasteiger partial charge in [-0.3, -0.25) is 6.08 Å². The molecule has 0 bridgehead atoms. The molecule has 1 saturated carbocycles. The minimum absolute atomic E-state index is 0. The van der Waals surface area contributed by atoms with Crippen molar-refractivity contribution in [3.8, 4) is 0 Å². The second-order valence-corrected chi connectivity index (χ2v) is 16.2. The maximum atomic E-state index is 3.34. The Labute approximate surface area is 358 Å². The molecule has 3 aromatic carbocycles. The molecule has 290 valence electrons. The Kier molecular flexibility index (Phi) is 18.0. The van der Waals surface area contributed by atoms with Gasteiger partial charge in [0.05, 0.1) is 0 Å². The van der Waals surface area contributed by atoms with Gasteiger partial charge in [-0.1, -0.05) is 139 Å². The number of allylic oxidation sites excluding steroid dienone is 10. The molecular formula is C51H64Cl2Zr-4. The third-order valence-corrected chi connectivity index (χ3v) is 13.6. The summed E-state index contributed by atoms with van der Waals surface area (Å²) < 4.78 is 3.34. The molecule has 8 rings (SSSR count). The Morgan fingerprint density at radius 2 is 1.28 bits per heavy atom. The van der Waals surface area contributed by atoms with E-state index in [2.05, 4.69) is 145 Å². The molecule has 0 N–H and O–H groups in total. The van der Waals surface area contributed by atoms with Crippen molar-refractivity contribution in [1.29, 1.82) is 0 Å². The molecule has 3 aromatic rings. The SMILES string of the molecule is C[C-]1C2=C3Cc4ccccc4C3=C3C=CCCC3C2(C)C(C)(C)C(C)(C)C1(C)C.C[CH-]c1ccccc1.C[CH-]c1ccccc1.Cl.Cl.[C-]1=CC=CC1.[CH2]=[Zr]. The van der Waals surface area contributed by atoms with E-state index in [9.17, 15) is 0 Å². The molecule has 0 saturated heterocycles. The van der Waals surface area contributed by atoms with Gasteiger partial charge in [-0.25, -0.2) is 18.1 Å². The third kappa shape index (κ3) is 8.96. The molecule has 0 aromatic heterocycles. The summed E-state index contributed by atoms with van der Waals surface area (Å²) in [6, 6.07) is 29.7. The number of hydrogen-bond donors (Lipinski definition) is 0. The number of fused-ring (bicyclic) bond motifs is 6. The van der Waals surface area contributed by atoms with Crippen LogP contribution in [0.3, 0.4) is 0 Å². The molecule has 2 unspecified atom stereocenters. The van der Waals surface area contributed by atoms with Crippen LogP contribution in [0.15, 0.2) is 132 Å². The van der Waals surface area contributed by atoms with Gasteiger partial charge in [0.15, 0.2) is 0 Å². The van der Waals surface area contributed by atoms with E-state index in [1.807, 2.05) is 62.4 Å². The maximum absolute atomic E-state index is 3.34. The summed E-state index contributed by atoms with van der Waals surface area (Å²) in [5.74, 6) is 2.24. The summed E-state index contributed by atoms with van der Waals surface area (Å²) in [5.41, 5.74) is 12.9. The first-order valence-electron chi connectivity index (χ1n) is 19.2. The van der Waals surface area contributed by atoms with Crippen molar-refractivity contribution >= 4 is 34.6 Å². The molecule has 0 amide bonds. The van der Waals surface area contributed by atoms with Crippen LogP contribution in [0.1, 0.15) is 111 Å². The van der Waals surface area contributed by atoms with E-state index < -0.39 is 0 Å². The second kappa shape index (κ2) is 20.5. The Morgan fingerprint density at radius 3 is 1.74 bits per heavy atom. The molecule has 1 fully saturated rings. The molecule has 2 atom stereocenters. The van der Waals surface area contributed by atoms with Crippen LogP contribution in [0, 0.1) is 52.4 Å². The molecule has 5 aliphatic rings. The number of halogens is 2. The predicted molar refractivity (Wildman–Crippen MR) is 239 cm³/mol. The first-order valence-corrected chi connectivity index (χ1v) is 20.9. The van der Waals surface area contributed by atoms with E-state index in [-0.39, 0.29) is 46.5 Å². The van der Waals surface area contributed by atoms with Crippen LogP contribution in [0.4, 0.5) is 0 Å². The van der Waals surface area contributed by atoms with Crippen molar-refractivity contribution in [2.45, 2.75) is 94.9 Å². The van der Waals surface area contributed by atoms with Gasteiger partial charge in [-0.2, -0.15) is 65.5 Å². The monoisotopic (exact) mass is 836 g/mol. The van der Waals surface area contributed by atoms with Crippen molar-refractivity contribution in [3.63, 3.8) is 0 Å². The second-order valence-electron chi connectivity index (χ2n) is 16.2. The number of rotatable bonds is 2. The Bertz CT molecular complexity index is 1740. The predicted octanol–water partition coefficient (Wildman–Crippen LogP) is 14.6. The van der Waals surface area contributed by atoms with Gasteiger partial charge in [0.25, 0.3) is 0 Å². The zero-order valence-corrected chi connectivity index (χ0v) is 38.6. The van der Waals surface area contributed by atoms with Crippen molar-refractivity contribution in [2.24, 2.45) is 27.6 Å². The Morgan fingerprint density at radius 1 is 0.741 bits per heavy atom. The Balaban J connectivity index is 0.000000328. The first-order chi connectivity index (χ1) is 24.8. The number of benzene rings is 3. The molecule has 54 heavy (non-hydrogen) atoms. The van der Waals surface area contributed by atoms with Crippen LogP contribution in [0.25, 0.3) is 5.57 Å². The molecule has 0 aliphatic heterocycles. The van der Waals surface area contributed by atoms with Crippen molar-refractivity contribution in [1.82, 2.24) is 0 Å². The molecule has 0 heterocycles. The van der Waals surface area contributed by atoms with Crippen LogP contribution in [0.5, 0.6) is 0 Å². The summed E-state index contributed by atoms with van der Waals surface area (Å²) in [6.45, 7) is 24.4. The van der Waals surface area contributed by atoms with Crippen LogP contribution in [0.2, 0.25) is 0 Å². The van der Waals surface area contributed by atoms with Gasteiger partial charge < -0.3 is 0 Å². The summed E-state index contributed by atoms with van der Waals surface area (Å²) >= 11 is 1.30. The fraction of sp³-hybridized carbons (Fsp3) is 0.373. The van der Waals surface area contributed by atoms with Crippen LogP contribution in [-0.2, 0) is 30.7 Å². The van der Waals surface area contributed by atoms with E-state index in [1.54, 1.807) is 28.2 Å². The third-order valence-electron chi connectivity index (χ3n) is 13.6. The van der Waals surface area contributed by atoms with Gasteiger partial charge >= 0.3 is 28.4 Å². The summed E-state index contributed by atoms with van der Waals surface area (Å²) in [4.78, 5) is 0. The van der Waals surface area contributed by atoms with E-state index in [0.29, 0.717) is 5.92 Å². The molecule has 5 aliphatic carbocycles. The standard InChI is InChI=1S/C29H37.2C8H9.C5H5.CH2.2ClH.Zr/c1-18-25-22-17-19-13-9-10-14-20(19)24(22)21-15-11-12-16-23(21)29(25,8)28(6,7)27(4,5)26(18,2)3;2*1-2-8-6-4-3-5-7-8;1-2-4-5-3-1;;;;/h9-11,13-15,23H,12,16-17H2,1-8H3;2*2-7H,1H3;1-3H,4H2;1H2;2*1H;/q4*-1;;;;. The summed E-state index contributed by atoms with van der Waals surface area (Å²) in [6.07, 6.45) is 22.7. The van der Waals surface area contributed by atoms with Gasteiger partial charge in [-0.15, -0.1) is 62.4 Å². The van der Waals surface area contributed by atoms with Gasteiger partial charge in [0.1, 0.15) is 0 Å². The summed E-state index contributed by atoms with van der Waals surface area (Å²) in [5, 5.41) is 0. The quantitative estimate of drug-likeness (QED) is 0.226. The van der Waals surface area contributed by atoms with E-state index >= 15 is 0 Å². The molecule has 0 radical (unpaired) electrons. The normalized spacial score (nSPS) is 22.1. The van der Waals surface area contributed by atoms with Crippen molar-refractivity contribution in [3.05, 3.63) is 179 Å². The van der Waals surface area contributed by atoms with Crippen molar-refractivity contribution < 1.29 is 24.2 Å². The average Bonchev–Trinajstić information content (AvgIpc) is 3.89.